The van der Waals surface area contributed by atoms with Gasteiger partial charge in [0.15, 0.2) is 6.61 Å². The molecule has 0 radical (unpaired) electrons. The van der Waals surface area contributed by atoms with E-state index in [2.05, 4.69) is 10.1 Å². The molecule has 1 aromatic rings. The SMILES string of the molecule is CCC(C)(C)C(=O)Oc1ccc(NC(=O)OCC(C)(F)F)cc1. The van der Waals surface area contributed by atoms with Crippen LogP contribution < -0.4 is 10.1 Å². The molecule has 0 fully saturated rings. The fourth-order valence-corrected chi connectivity index (χ4v) is 1.34. The molecular weight excluding hydrogens is 308 g/mol. The van der Waals surface area contributed by atoms with E-state index in [1.165, 1.54) is 24.3 Å². The number of benzene rings is 1. The maximum absolute atomic E-state index is 12.6. The number of alkyl halides is 2. The van der Waals surface area contributed by atoms with Crippen molar-refractivity contribution in [1.29, 1.82) is 0 Å². The molecule has 0 atom stereocenters. The molecule has 0 aliphatic heterocycles. The summed E-state index contributed by atoms with van der Waals surface area (Å²) >= 11 is 0. The van der Waals surface area contributed by atoms with Crippen LogP contribution in [-0.4, -0.2) is 24.6 Å². The zero-order chi connectivity index (χ0) is 17.7. The van der Waals surface area contributed by atoms with Crippen molar-refractivity contribution in [2.24, 2.45) is 5.41 Å². The lowest BCUT2D eigenvalue weighted by Crippen LogP contribution is -2.28. The van der Waals surface area contributed by atoms with Crippen LogP contribution in [0.5, 0.6) is 5.75 Å². The van der Waals surface area contributed by atoms with Crippen LogP contribution >= 0.6 is 0 Å². The Hall–Kier alpha value is -2.18. The van der Waals surface area contributed by atoms with E-state index in [1.807, 2.05) is 6.92 Å². The highest BCUT2D eigenvalue weighted by Gasteiger charge is 2.27. The molecule has 0 aromatic heterocycles. The molecule has 23 heavy (non-hydrogen) atoms. The summed E-state index contributed by atoms with van der Waals surface area (Å²) in [5, 5.41) is 2.30. The van der Waals surface area contributed by atoms with Gasteiger partial charge in [-0.15, -0.1) is 0 Å². The van der Waals surface area contributed by atoms with E-state index in [1.54, 1.807) is 13.8 Å². The molecule has 0 bridgehead atoms. The summed E-state index contributed by atoms with van der Waals surface area (Å²) in [6.45, 7) is 5.11. The van der Waals surface area contributed by atoms with Crippen molar-refractivity contribution in [3.05, 3.63) is 24.3 Å². The summed E-state index contributed by atoms with van der Waals surface area (Å²) in [6, 6.07) is 5.95. The van der Waals surface area contributed by atoms with E-state index in [-0.39, 0.29) is 5.97 Å². The first-order valence-electron chi connectivity index (χ1n) is 7.17. The maximum Gasteiger partial charge on any atom is 0.411 e. The second kappa shape index (κ2) is 7.39. The summed E-state index contributed by atoms with van der Waals surface area (Å²) in [7, 11) is 0. The second-order valence-corrected chi connectivity index (χ2v) is 5.92. The highest BCUT2D eigenvalue weighted by atomic mass is 19.3. The number of rotatable bonds is 6. The molecular formula is C16H21F2NO4. The average Bonchev–Trinajstić information content (AvgIpc) is 2.46. The summed E-state index contributed by atoms with van der Waals surface area (Å²) < 4.78 is 34.8. The van der Waals surface area contributed by atoms with Crippen LogP contribution in [0.2, 0.25) is 0 Å². The van der Waals surface area contributed by atoms with Crippen LogP contribution in [0.4, 0.5) is 19.3 Å². The third-order valence-corrected chi connectivity index (χ3v) is 3.20. The summed E-state index contributed by atoms with van der Waals surface area (Å²) in [5.41, 5.74) is -0.254. The zero-order valence-electron chi connectivity index (χ0n) is 13.6. The van der Waals surface area contributed by atoms with E-state index in [9.17, 15) is 18.4 Å². The van der Waals surface area contributed by atoms with E-state index in [4.69, 9.17) is 4.74 Å². The van der Waals surface area contributed by atoms with E-state index < -0.39 is 24.0 Å². The number of nitrogens with one attached hydrogen (secondary N) is 1. The van der Waals surface area contributed by atoms with Crippen molar-refractivity contribution in [2.45, 2.75) is 40.0 Å². The molecule has 5 nitrogen and oxygen atoms in total. The molecule has 0 unspecified atom stereocenters. The lowest BCUT2D eigenvalue weighted by Gasteiger charge is -2.20. The molecule has 0 saturated carbocycles. The van der Waals surface area contributed by atoms with Crippen molar-refractivity contribution in [3.63, 3.8) is 0 Å². The lowest BCUT2D eigenvalue weighted by molar-refractivity contribution is -0.144. The van der Waals surface area contributed by atoms with Gasteiger partial charge in [-0.1, -0.05) is 6.92 Å². The normalized spacial score (nSPS) is 11.7. The molecule has 0 aliphatic carbocycles. The Kier molecular flexibility index (Phi) is 6.06. The van der Waals surface area contributed by atoms with Gasteiger partial charge in [0, 0.05) is 12.6 Å². The first-order chi connectivity index (χ1) is 10.5. The molecule has 0 spiro atoms. The van der Waals surface area contributed by atoms with Gasteiger partial charge in [0.25, 0.3) is 5.92 Å². The standard InChI is InChI=1S/C16H21F2NO4/c1-5-15(2,3)13(20)23-12-8-6-11(7-9-12)19-14(21)22-10-16(4,17)18/h6-9H,5,10H2,1-4H3,(H,19,21). The number of ether oxygens (including phenoxy) is 2. The quantitative estimate of drug-likeness (QED) is 0.626. The Bertz CT molecular complexity index is 550. The summed E-state index contributed by atoms with van der Waals surface area (Å²) in [6.07, 6.45) is -0.345. The number of halogens is 2. The molecule has 7 heteroatoms. The number of hydrogen-bond donors (Lipinski definition) is 1. The predicted octanol–water partition coefficient (Wildman–Crippen LogP) is 4.23. The van der Waals surface area contributed by atoms with Crippen LogP contribution in [-0.2, 0) is 9.53 Å². The van der Waals surface area contributed by atoms with Gasteiger partial charge in [-0.3, -0.25) is 10.1 Å². The minimum Gasteiger partial charge on any atom is -0.443 e. The molecule has 0 heterocycles. The number of anilines is 1. The number of hydrogen-bond acceptors (Lipinski definition) is 4. The maximum atomic E-state index is 12.6. The van der Waals surface area contributed by atoms with Crippen LogP contribution in [0.15, 0.2) is 24.3 Å². The first-order valence-corrected chi connectivity index (χ1v) is 7.17. The van der Waals surface area contributed by atoms with Gasteiger partial charge in [0.2, 0.25) is 0 Å². The third-order valence-electron chi connectivity index (χ3n) is 3.20. The van der Waals surface area contributed by atoms with Crippen LogP contribution in [0.3, 0.4) is 0 Å². The topological polar surface area (TPSA) is 64.6 Å². The Morgan fingerprint density at radius 2 is 1.70 bits per heavy atom. The van der Waals surface area contributed by atoms with Gasteiger partial charge < -0.3 is 9.47 Å². The van der Waals surface area contributed by atoms with E-state index in [0.29, 0.717) is 24.8 Å². The molecule has 0 aliphatic rings. The fourth-order valence-electron chi connectivity index (χ4n) is 1.34. The minimum atomic E-state index is -3.08. The van der Waals surface area contributed by atoms with Gasteiger partial charge >= 0.3 is 12.1 Å². The minimum absolute atomic E-state index is 0.329. The smallest absolute Gasteiger partial charge is 0.411 e. The van der Waals surface area contributed by atoms with E-state index in [0.717, 1.165) is 0 Å². The monoisotopic (exact) mass is 329 g/mol. The number of carbonyl (C=O) groups excluding carboxylic acids is 2. The van der Waals surface area contributed by atoms with Crippen LogP contribution in [0.1, 0.15) is 34.1 Å². The fraction of sp³-hybridized carbons (Fsp3) is 0.500. The molecule has 1 aromatic carbocycles. The largest absolute Gasteiger partial charge is 0.443 e. The molecule has 1 rings (SSSR count). The van der Waals surface area contributed by atoms with Gasteiger partial charge in [0.1, 0.15) is 5.75 Å². The van der Waals surface area contributed by atoms with Crippen LogP contribution in [0.25, 0.3) is 0 Å². The van der Waals surface area contributed by atoms with Crippen molar-refractivity contribution >= 4 is 17.7 Å². The molecule has 1 N–H and O–H groups in total. The first kappa shape index (κ1) is 18.9. The van der Waals surface area contributed by atoms with Crippen molar-refractivity contribution in [3.8, 4) is 5.75 Å². The lowest BCUT2D eigenvalue weighted by atomic mass is 9.91. The Balaban J connectivity index is 2.57. The summed E-state index contributed by atoms with van der Waals surface area (Å²) in [5.74, 6) is -3.11. The summed E-state index contributed by atoms with van der Waals surface area (Å²) in [4.78, 5) is 23.3. The predicted molar refractivity (Wildman–Crippen MR) is 81.7 cm³/mol. The number of carbonyl (C=O) groups is 2. The molecule has 1 amide bonds. The van der Waals surface area contributed by atoms with Gasteiger partial charge in [0.05, 0.1) is 5.41 Å². The van der Waals surface area contributed by atoms with Crippen LogP contribution in [0, 0.1) is 5.41 Å². The van der Waals surface area contributed by atoms with Gasteiger partial charge in [-0.05, 0) is 44.5 Å². The molecule has 128 valence electrons. The average molecular weight is 329 g/mol. The number of esters is 1. The Morgan fingerprint density at radius 1 is 1.13 bits per heavy atom. The third kappa shape index (κ3) is 6.63. The van der Waals surface area contributed by atoms with Crippen molar-refractivity contribution in [2.75, 3.05) is 11.9 Å². The van der Waals surface area contributed by atoms with Gasteiger partial charge in [-0.25, -0.2) is 13.6 Å². The number of amides is 1. The van der Waals surface area contributed by atoms with Crippen molar-refractivity contribution in [1.82, 2.24) is 0 Å². The van der Waals surface area contributed by atoms with Crippen molar-refractivity contribution < 1.29 is 27.8 Å². The Morgan fingerprint density at radius 3 is 2.17 bits per heavy atom. The van der Waals surface area contributed by atoms with Gasteiger partial charge in [-0.2, -0.15) is 0 Å². The zero-order valence-corrected chi connectivity index (χ0v) is 13.6. The second-order valence-electron chi connectivity index (χ2n) is 5.92. The Labute approximate surface area is 134 Å². The molecule has 0 saturated heterocycles. The highest BCUT2D eigenvalue weighted by molar-refractivity contribution is 5.84. The highest BCUT2D eigenvalue weighted by Crippen LogP contribution is 2.24. The van der Waals surface area contributed by atoms with E-state index >= 15 is 0 Å².